The molecule has 0 saturated carbocycles. The van der Waals surface area contributed by atoms with E-state index in [0.717, 1.165) is 55.6 Å². The zero-order valence-corrected chi connectivity index (χ0v) is 22.7. The SMILES string of the molecule is COc1ccc(N=C(C#Cc2ccccc2)N2CCN(Cc3ccccc3C)CC2)cc1.O=C(O)/C=C\C(=O)O. The van der Waals surface area contributed by atoms with Gasteiger partial charge in [0, 0.05) is 50.4 Å². The van der Waals surface area contributed by atoms with Gasteiger partial charge in [-0.25, -0.2) is 14.6 Å². The summed E-state index contributed by atoms with van der Waals surface area (Å²) in [4.78, 5) is 28.8. The number of methoxy groups -OCH3 is 1. The van der Waals surface area contributed by atoms with E-state index in [0.29, 0.717) is 12.2 Å². The van der Waals surface area contributed by atoms with Crippen LogP contribution in [-0.4, -0.2) is 71.1 Å². The molecule has 1 aliphatic heterocycles. The quantitative estimate of drug-likeness (QED) is 0.204. The molecule has 3 aromatic carbocycles. The van der Waals surface area contributed by atoms with Crippen LogP contribution in [0.1, 0.15) is 16.7 Å². The Morgan fingerprint density at radius 1 is 0.875 bits per heavy atom. The van der Waals surface area contributed by atoms with Crippen molar-refractivity contribution in [1.29, 1.82) is 0 Å². The van der Waals surface area contributed by atoms with Crippen molar-refractivity contribution in [3.8, 4) is 17.6 Å². The number of benzene rings is 3. The van der Waals surface area contributed by atoms with Crippen molar-refractivity contribution >= 4 is 23.5 Å². The highest BCUT2D eigenvalue weighted by Gasteiger charge is 2.19. The molecule has 0 aromatic heterocycles. The second-order valence-electron chi connectivity index (χ2n) is 8.95. The summed E-state index contributed by atoms with van der Waals surface area (Å²) < 4.78 is 5.27. The molecule has 2 N–H and O–H groups in total. The lowest BCUT2D eigenvalue weighted by Gasteiger charge is -2.35. The Morgan fingerprint density at radius 2 is 1.48 bits per heavy atom. The van der Waals surface area contributed by atoms with Crippen LogP contribution in [0.25, 0.3) is 0 Å². The smallest absolute Gasteiger partial charge is 0.328 e. The van der Waals surface area contributed by atoms with Gasteiger partial charge >= 0.3 is 11.9 Å². The number of aryl methyl sites for hydroxylation is 1. The van der Waals surface area contributed by atoms with Gasteiger partial charge in [-0.05, 0) is 60.4 Å². The average molecular weight is 540 g/mol. The second kappa shape index (κ2) is 15.5. The van der Waals surface area contributed by atoms with Gasteiger partial charge in [0.05, 0.1) is 12.8 Å². The summed E-state index contributed by atoms with van der Waals surface area (Å²) in [7, 11) is 1.67. The van der Waals surface area contributed by atoms with Gasteiger partial charge in [0.25, 0.3) is 0 Å². The molecule has 0 aliphatic carbocycles. The van der Waals surface area contributed by atoms with Gasteiger partial charge in [-0.3, -0.25) is 4.90 Å². The monoisotopic (exact) mass is 539 g/mol. The first kappa shape index (κ1) is 29.7. The fraction of sp³-hybridized carbons (Fsp3) is 0.219. The zero-order valence-electron chi connectivity index (χ0n) is 22.7. The molecule has 1 aliphatic rings. The lowest BCUT2D eigenvalue weighted by Crippen LogP contribution is -2.48. The van der Waals surface area contributed by atoms with E-state index in [1.165, 1.54) is 11.1 Å². The zero-order chi connectivity index (χ0) is 28.7. The molecule has 0 atom stereocenters. The summed E-state index contributed by atoms with van der Waals surface area (Å²) in [6.45, 7) is 6.96. The summed E-state index contributed by atoms with van der Waals surface area (Å²) >= 11 is 0. The van der Waals surface area contributed by atoms with Crippen LogP contribution in [0, 0.1) is 18.8 Å². The van der Waals surface area contributed by atoms with Crippen molar-refractivity contribution in [2.75, 3.05) is 33.3 Å². The highest BCUT2D eigenvalue weighted by Crippen LogP contribution is 2.19. The standard InChI is InChI=1S/C28H29N3O.C4H4O4/c1-23-8-6-7-11-25(23)22-30-18-20-31(21-19-30)28(17-12-24-9-4-3-5-10-24)29-26-13-15-27(32-2)16-14-26;5-3(6)1-2-4(7)8/h3-11,13-16H,18-22H2,1-2H3;1-2H,(H,5,6)(H,7,8)/b;2-1-. The van der Waals surface area contributed by atoms with Crippen LogP contribution in [0.15, 0.2) is 96.0 Å². The first-order valence-corrected chi connectivity index (χ1v) is 12.8. The van der Waals surface area contributed by atoms with Crippen LogP contribution < -0.4 is 4.74 Å². The first-order chi connectivity index (χ1) is 19.3. The van der Waals surface area contributed by atoms with Crippen LogP contribution in [0.5, 0.6) is 5.75 Å². The molecule has 0 bridgehead atoms. The topological polar surface area (TPSA) is 103 Å². The van der Waals surface area contributed by atoms with Crippen LogP contribution in [0.2, 0.25) is 0 Å². The van der Waals surface area contributed by atoms with Crippen molar-refractivity contribution in [2.45, 2.75) is 13.5 Å². The van der Waals surface area contributed by atoms with E-state index in [1.807, 2.05) is 54.6 Å². The molecule has 1 saturated heterocycles. The Labute approximate surface area is 234 Å². The highest BCUT2D eigenvalue weighted by atomic mass is 16.5. The van der Waals surface area contributed by atoms with Crippen LogP contribution in [0.4, 0.5) is 5.69 Å². The van der Waals surface area contributed by atoms with E-state index >= 15 is 0 Å². The van der Waals surface area contributed by atoms with Crippen molar-refractivity contribution in [3.05, 3.63) is 108 Å². The molecule has 0 amide bonds. The predicted octanol–water partition coefficient (Wildman–Crippen LogP) is 4.61. The van der Waals surface area contributed by atoms with Crippen molar-refractivity contribution in [2.24, 2.45) is 4.99 Å². The minimum atomic E-state index is -1.26. The largest absolute Gasteiger partial charge is 0.497 e. The molecule has 8 nitrogen and oxygen atoms in total. The molecule has 0 unspecified atom stereocenters. The lowest BCUT2D eigenvalue weighted by atomic mass is 10.1. The Hall–Kier alpha value is -4.87. The molecule has 1 heterocycles. The number of piperazine rings is 1. The Balaban J connectivity index is 0.000000482. The van der Waals surface area contributed by atoms with Gasteiger partial charge in [0.2, 0.25) is 0 Å². The third-order valence-corrected chi connectivity index (χ3v) is 6.10. The van der Waals surface area contributed by atoms with Gasteiger partial charge in [-0.2, -0.15) is 0 Å². The fourth-order valence-corrected chi connectivity index (χ4v) is 3.90. The fourth-order valence-electron chi connectivity index (χ4n) is 3.90. The average Bonchev–Trinajstić information content (AvgIpc) is 2.97. The number of nitrogens with zero attached hydrogens (tertiary/aromatic N) is 3. The molecular weight excluding hydrogens is 506 g/mol. The molecule has 0 radical (unpaired) electrons. The van der Waals surface area contributed by atoms with Crippen LogP contribution in [0.3, 0.4) is 0 Å². The minimum Gasteiger partial charge on any atom is -0.497 e. The Kier molecular flexibility index (Phi) is 11.5. The Morgan fingerprint density at radius 3 is 2.05 bits per heavy atom. The summed E-state index contributed by atoms with van der Waals surface area (Å²) in [6, 6.07) is 26.5. The third-order valence-electron chi connectivity index (χ3n) is 6.10. The number of carbonyl (C=O) groups is 2. The number of aliphatic carboxylic acids is 2. The maximum Gasteiger partial charge on any atom is 0.328 e. The number of carboxylic acid groups (broad SMARTS) is 2. The highest BCUT2D eigenvalue weighted by molar-refractivity contribution is 6.00. The first-order valence-electron chi connectivity index (χ1n) is 12.8. The van der Waals surface area contributed by atoms with E-state index in [1.54, 1.807) is 7.11 Å². The van der Waals surface area contributed by atoms with Crippen molar-refractivity contribution < 1.29 is 24.5 Å². The molecule has 0 spiro atoms. The van der Waals surface area contributed by atoms with Crippen LogP contribution in [-0.2, 0) is 16.1 Å². The number of amidine groups is 1. The number of rotatable bonds is 6. The number of carboxylic acids is 2. The maximum absolute atomic E-state index is 9.55. The van der Waals surface area contributed by atoms with E-state index in [4.69, 9.17) is 19.9 Å². The summed E-state index contributed by atoms with van der Waals surface area (Å²) in [5.74, 6) is 5.74. The minimum absolute atomic E-state index is 0.558. The van der Waals surface area contributed by atoms with Crippen molar-refractivity contribution in [1.82, 2.24) is 9.80 Å². The van der Waals surface area contributed by atoms with Gasteiger partial charge in [-0.15, -0.1) is 0 Å². The third kappa shape index (κ3) is 10.1. The molecule has 3 aromatic rings. The van der Waals surface area contributed by atoms with E-state index in [2.05, 4.69) is 52.8 Å². The number of ether oxygens (including phenoxy) is 1. The van der Waals surface area contributed by atoms with Gasteiger partial charge < -0.3 is 19.8 Å². The number of hydrogen-bond donors (Lipinski definition) is 2. The molecule has 206 valence electrons. The summed E-state index contributed by atoms with van der Waals surface area (Å²) in [5, 5.41) is 15.6. The summed E-state index contributed by atoms with van der Waals surface area (Å²) in [5.41, 5.74) is 4.63. The molecule has 1 fully saturated rings. The molecular formula is C32H33N3O5. The van der Waals surface area contributed by atoms with E-state index < -0.39 is 11.9 Å². The second-order valence-corrected chi connectivity index (χ2v) is 8.95. The summed E-state index contributed by atoms with van der Waals surface area (Å²) in [6.07, 6.45) is 1.12. The van der Waals surface area contributed by atoms with Crippen LogP contribution >= 0.6 is 0 Å². The Bertz CT molecular complexity index is 1370. The number of aliphatic imine (C=N–C) groups is 1. The predicted molar refractivity (Wildman–Crippen MR) is 156 cm³/mol. The van der Waals surface area contributed by atoms with E-state index in [9.17, 15) is 9.59 Å². The number of hydrogen-bond acceptors (Lipinski definition) is 5. The normalized spacial score (nSPS) is 13.6. The van der Waals surface area contributed by atoms with E-state index in [-0.39, 0.29) is 0 Å². The molecule has 4 rings (SSSR count). The van der Waals surface area contributed by atoms with Gasteiger partial charge in [0.1, 0.15) is 5.75 Å². The maximum atomic E-state index is 9.55. The van der Waals surface area contributed by atoms with Crippen molar-refractivity contribution in [3.63, 3.8) is 0 Å². The molecule has 8 heteroatoms. The molecule has 40 heavy (non-hydrogen) atoms. The van der Waals surface area contributed by atoms with Gasteiger partial charge in [0.15, 0.2) is 5.84 Å². The lowest BCUT2D eigenvalue weighted by molar-refractivity contribution is -0.134. The van der Waals surface area contributed by atoms with Gasteiger partial charge in [-0.1, -0.05) is 48.4 Å².